The van der Waals surface area contributed by atoms with Gasteiger partial charge in [-0.05, 0) is 24.3 Å². The summed E-state index contributed by atoms with van der Waals surface area (Å²) in [5.41, 5.74) is 2.71. The van der Waals surface area contributed by atoms with Crippen LogP contribution in [0.1, 0.15) is 11.7 Å². The maximum atomic E-state index is 5.93. The highest BCUT2D eigenvalue weighted by Crippen LogP contribution is 2.25. The van der Waals surface area contributed by atoms with Crippen molar-refractivity contribution >= 4 is 11.5 Å². The molecule has 27 heavy (non-hydrogen) atoms. The predicted molar refractivity (Wildman–Crippen MR) is 98.1 cm³/mol. The first-order valence-electron chi connectivity index (χ1n) is 8.76. The maximum absolute atomic E-state index is 5.93. The number of ether oxygens (including phenoxy) is 1. The van der Waals surface area contributed by atoms with Crippen molar-refractivity contribution in [2.75, 3.05) is 24.6 Å². The number of pyridine rings is 1. The van der Waals surface area contributed by atoms with Crippen LogP contribution in [0.15, 0.2) is 49.1 Å². The number of rotatable bonds is 3. The van der Waals surface area contributed by atoms with Crippen molar-refractivity contribution in [3.8, 4) is 11.4 Å². The minimum atomic E-state index is -0.0227. The molecule has 0 bridgehead atoms. The predicted octanol–water partition coefficient (Wildman–Crippen LogP) is 1.50. The first-order chi connectivity index (χ1) is 13.3. The summed E-state index contributed by atoms with van der Waals surface area (Å²) in [6.45, 7) is 2.14. The molecule has 0 aromatic carbocycles. The Hall–Kier alpha value is -3.33. The van der Waals surface area contributed by atoms with E-state index in [0.29, 0.717) is 18.1 Å². The van der Waals surface area contributed by atoms with E-state index >= 15 is 0 Å². The molecule has 1 aliphatic heterocycles. The molecule has 0 spiro atoms. The fourth-order valence-electron chi connectivity index (χ4n) is 3.29. The average molecular weight is 362 g/mol. The topological polar surface area (TPSA) is 86.3 Å². The summed E-state index contributed by atoms with van der Waals surface area (Å²) in [6.07, 6.45) is 7.30. The van der Waals surface area contributed by atoms with Crippen molar-refractivity contribution in [1.29, 1.82) is 0 Å². The molecule has 1 fully saturated rings. The number of fused-ring (bicyclic) bond motifs is 1. The van der Waals surface area contributed by atoms with Crippen LogP contribution >= 0.6 is 0 Å². The SMILES string of the molecule is Cn1cc(C2CN(c3ccc4nnc(-c5ccncc5)n4n3)CCO2)cn1. The summed E-state index contributed by atoms with van der Waals surface area (Å²) in [4.78, 5) is 6.28. The van der Waals surface area contributed by atoms with Gasteiger partial charge in [-0.1, -0.05) is 0 Å². The molecule has 136 valence electrons. The van der Waals surface area contributed by atoms with Gasteiger partial charge >= 0.3 is 0 Å². The molecular weight excluding hydrogens is 344 g/mol. The number of hydrogen-bond acceptors (Lipinski definition) is 7. The molecule has 1 unspecified atom stereocenters. The second-order valence-electron chi connectivity index (χ2n) is 6.47. The average Bonchev–Trinajstić information content (AvgIpc) is 3.34. The molecule has 0 aliphatic carbocycles. The van der Waals surface area contributed by atoms with Gasteiger partial charge in [-0.25, -0.2) is 0 Å². The molecule has 0 amide bonds. The fraction of sp³-hybridized carbons (Fsp3) is 0.278. The lowest BCUT2D eigenvalue weighted by Gasteiger charge is -2.33. The zero-order chi connectivity index (χ0) is 18.2. The second kappa shape index (κ2) is 6.44. The Morgan fingerprint density at radius 1 is 1.11 bits per heavy atom. The molecular formula is C18H18N8O. The third-order valence-corrected chi connectivity index (χ3v) is 4.67. The van der Waals surface area contributed by atoms with Crippen molar-refractivity contribution in [3.05, 3.63) is 54.6 Å². The monoisotopic (exact) mass is 362 g/mol. The van der Waals surface area contributed by atoms with E-state index in [1.807, 2.05) is 43.7 Å². The largest absolute Gasteiger partial charge is 0.370 e. The molecule has 5 rings (SSSR count). The van der Waals surface area contributed by atoms with Crippen LogP contribution in [-0.2, 0) is 11.8 Å². The quantitative estimate of drug-likeness (QED) is 0.546. The Labute approximate surface area is 155 Å². The summed E-state index contributed by atoms with van der Waals surface area (Å²) in [5, 5.41) is 17.5. The molecule has 9 heteroatoms. The number of aromatic nitrogens is 7. The maximum Gasteiger partial charge on any atom is 0.185 e. The van der Waals surface area contributed by atoms with Crippen LogP contribution in [0.2, 0.25) is 0 Å². The molecule has 0 saturated carbocycles. The first kappa shape index (κ1) is 15.9. The Bertz CT molecular complexity index is 1070. The highest BCUT2D eigenvalue weighted by Gasteiger charge is 2.24. The Balaban J connectivity index is 1.48. The Kier molecular flexibility index (Phi) is 3.79. The highest BCUT2D eigenvalue weighted by atomic mass is 16.5. The van der Waals surface area contributed by atoms with Gasteiger partial charge in [-0.2, -0.15) is 9.61 Å². The van der Waals surface area contributed by atoms with Crippen LogP contribution in [0, 0.1) is 0 Å². The lowest BCUT2D eigenvalue weighted by Crippen LogP contribution is -2.39. The van der Waals surface area contributed by atoms with Crippen molar-refractivity contribution in [3.63, 3.8) is 0 Å². The van der Waals surface area contributed by atoms with Gasteiger partial charge in [0.05, 0.1) is 19.3 Å². The summed E-state index contributed by atoms with van der Waals surface area (Å²) >= 11 is 0. The number of hydrogen-bond donors (Lipinski definition) is 0. The summed E-state index contributed by atoms with van der Waals surface area (Å²) < 4.78 is 9.50. The van der Waals surface area contributed by atoms with E-state index in [1.165, 1.54) is 0 Å². The zero-order valence-electron chi connectivity index (χ0n) is 14.8. The van der Waals surface area contributed by atoms with Crippen molar-refractivity contribution in [2.45, 2.75) is 6.10 Å². The minimum absolute atomic E-state index is 0.0227. The van der Waals surface area contributed by atoms with Crippen LogP contribution in [0.5, 0.6) is 0 Å². The molecule has 4 aromatic rings. The standard InChI is InChI=1S/C18H18N8O/c1-24-11-14(10-20-24)15-12-25(8-9-27-15)17-3-2-16-21-22-18(26(16)23-17)13-4-6-19-7-5-13/h2-7,10-11,15H,8-9,12H2,1H3. The molecule has 4 aromatic heterocycles. The van der Waals surface area contributed by atoms with E-state index in [4.69, 9.17) is 9.84 Å². The molecule has 1 atom stereocenters. The van der Waals surface area contributed by atoms with Gasteiger partial charge in [-0.3, -0.25) is 9.67 Å². The van der Waals surface area contributed by atoms with Crippen LogP contribution in [0.4, 0.5) is 5.82 Å². The van der Waals surface area contributed by atoms with Crippen LogP contribution in [-0.4, -0.2) is 54.3 Å². The second-order valence-corrected chi connectivity index (χ2v) is 6.47. The van der Waals surface area contributed by atoms with E-state index < -0.39 is 0 Å². The van der Waals surface area contributed by atoms with Crippen molar-refractivity contribution in [1.82, 2.24) is 34.6 Å². The molecule has 9 nitrogen and oxygen atoms in total. The normalized spacial score (nSPS) is 17.5. The van der Waals surface area contributed by atoms with E-state index in [9.17, 15) is 0 Å². The Morgan fingerprint density at radius 3 is 2.81 bits per heavy atom. The number of aryl methyl sites for hydroxylation is 1. The van der Waals surface area contributed by atoms with E-state index in [1.54, 1.807) is 21.6 Å². The van der Waals surface area contributed by atoms with Crippen LogP contribution in [0.25, 0.3) is 17.0 Å². The summed E-state index contributed by atoms with van der Waals surface area (Å²) in [6, 6.07) is 7.72. The van der Waals surface area contributed by atoms with Gasteiger partial charge in [0.2, 0.25) is 0 Å². The molecule has 1 saturated heterocycles. The van der Waals surface area contributed by atoms with Crippen LogP contribution < -0.4 is 4.90 Å². The molecule has 0 radical (unpaired) electrons. The fourth-order valence-corrected chi connectivity index (χ4v) is 3.29. The molecule has 0 N–H and O–H groups in total. The third kappa shape index (κ3) is 2.91. The van der Waals surface area contributed by atoms with E-state index in [0.717, 1.165) is 30.0 Å². The summed E-state index contributed by atoms with van der Waals surface area (Å²) in [5.74, 6) is 1.57. The third-order valence-electron chi connectivity index (χ3n) is 4.67. The van der Waals surface area contributed by atoms with Crippen molar-refractivity contribution < 1.29 is 4.74 Å². The van der Waals surface area contributed by atoms with Gasteiger partial charge in [-0.15, -0.1) is 15.3 Å². The molecule has 1 aliphatic rings. The van der Waals surface area contributed by atoms with E-state index in [-0.39, 0.29) is 6.10 Å². The van der Waals surface area contributed by atoms with Gasteiger partial charge in [0.15, 0.2) is 11.5 Å². The number of morpholine rings is 1. The van der Waals surface area contributed by atoms with Gasteiger partial charge < -0.3 is 9.64 Å². The number of nitrogens with zero attached hydrogens (tertiary/aromatic N) is 8. The number of anilines is 1. The smallest absolute Gasteiger partial charge is 0.185 e. The van der Waals surface area contributed by atoms with Crippen LogP contribution in [0.3, 0.4) is 0 Å². The first-order valence-corrected chi connectivity index (χ1v) is 8.76. The van der Waals surface area contributed by atoms with Crippen molar-refractivity contribution in [2.24, 2.45) is 7.05 Å². The Morgan fingerprint density at radius 2 is 2.00 bits per heavy atom. The van der Waals surface area contributed by atoms with Gasteiger partial charge in [0, 0.05) is 43.3 Å². The van der Waals surface area contributed by atoms with Gasteiger partial charge in [0.1, 0.15) is 11.9 Å². The lowest BCUT2D eigenvalue weighted by atomic mass is 10.1. The minimum Gasteiger partial charge on any atom is -0.370 e. The summed E-state index contributed by atoms with van der Waals surface area (Å²) in [7, 11) is 1.91. The molecule has 5 heterocycles. The zero-order valence-corrected chi connectivity index (χ0v) is 14.8. The lowest BCUT2D eigenvalue weighted by molar-refractivity contribution is 0.0394. The van der Waals surface area contributed by atoms with Gasteiger partial charge in [0.25, 0.3) is 0 Å². The highest BCUT2D eigenvalue weighted by molar-refractivity contribution is 5.59. The van der Waals surface area contributed by atoms with E-state index in [2.05, 4.69) is 25.2 Å².